The maximum absolute atomic E-state index is 11.8. The number of aromatic nitrogens is 1. The first-order chi connectivity index (χ1) is 18.6. The number of rotatable bonds is 10. The van der Waals surface area contributed by atoms with E-state index >= 15 is 0 Å². The van der Waals surface area contributed by atoms with E-state index in [-0.39, 0.29) is 18.9 Å². The molecule has 0 bridgehead atoms. The summed E-state index contributed by atoms with van der Waals surface area (Å²) in [5.41, 5.74) is 4.89. The zero-order valence-electron chi connectivity index (χ0n) is 20.5. The first-order valence-electron chi connectivity index (χ1n) is 11.9. The van der Waals surface area contributed by atoms with Crippen LogP contribution in [0.25, 0.3) is 22.6 Å². The van der Waals surface area contributed by atoms with Crippen LogP contribution in [0.4, 0.5) is 0 Å². The van der Waals surface area contributed by atoms with Crippen molar-refractivity contribution in [2.75, 3.05) is 0 Å². The van der Waals surface area contributed by atoms with Crippen LogP contribution in [0.5, 0.6) is 5.75 Å². The topological polar surface area (TPSA) is 94.2 Å². The molecule has 0 saturated heterocycles. The van der Waals surface area contributed by atoms with Crippen LogP contribution in [0.1, 0.15) is 22.6 Å². The lowest BCUT2D eigenvalue weighted by Gasteiger charge is -2.07. The SMILES string of the molecule is Cc1oc(-c2ccccc2)nc1COc1ccc(CO/N=C(\C(=O)O)c2ccc(-c3ccsc3)cc2)cc1. The molecule has 2 heterocycles. The minimum absolute atomic E-state index is 0.118. The largest absolute Gasteiger partial charge is 0.487 e. The van der Waals surface area contributed by atoms with Gasteiger partial charge in [0.05, 0.1) is 0 Å². The number of aliphatic carboxylic acids is 1. The summed E-state index contributed by atoms with van der Waals surface area (Å²) in [6.45, 7) is 2.25. The van der Waals surface area contributed by atoms with Crippen molar-refractivity contribution >= 4 is 23.0 Å². The number of carbonyl (C=O) groups is 1. The molecule has 5 rings (SSSR count). The summed E-state index contributed by atoms with van der Waals surface area (Å²) in [4.78, 5) is 21.7. The van der Waals surface area contributed by atoms with E-state index in [1.54, 1.807) is 23.5 Å². The Hall–Kier alpha value is -4.69. The van der Waals surface area contributed by atoms with E-state index in [0.717, 1.165) is 27.9 Å². The van der Waals surface area contributed by atoms with E-state index in [0.29, 0.717) is 23.0 Å². The van der Waals surface area contributed by atoms with Gasteiger partial charge in [-0.25, -0.2) is 9.78 Å². The molecular formula is C30H24N2O5S. The van der Waals surface area contributed by atoms with Crippen LogP contribution in [0.2, 0.25) is 0 Å². The number of ether oxygens (including phenoxy) is 1. The predicted octanol–water partition coefficient (Wildman–Crippen LogP) is 6.96. The quantitative estimate of drug-likeness (QED) is 0.157. The van der Waals surface area contributed by atoms with Crippen LogP contribution in [0, 0.1) is 6.92 Å². The molecule has 0 saturated carbocycles. The number of carboxylic acid groups (broad SMARTS) is 1. The molecule has 0 fully saturated rings. The number of benzene rings is 3. The minimum atomic E-state index is -1.16. The lowest BCUT2D eigenvalue weighted by Crippen LogP contribution is -2.15. The van der Waals surface area contributed by atoms with E-state index < -0.39 is 5.97 Å². The second-order valence-electron chi connectivity index (χ2n) is 8.43. The number of nitrogens with zero attached hydrogens (tertiary/aromatic N) is 2. The van der Waals surface area contributed by atoms with E-state index in [4.69, 9.17) is 14.0 Å². The van der Waals surface area contributed by atoms with Gasteiger partial charge in [-0.3, -0.25) is 0 Å². The zero-order chi connectivity index (χ0) is 26.3. The summed E-state index contributed by atoms with van der Waals surface area (Å²) in [7, 11) is 0. The van der Waals surface area contributed by atoms with Gasteiger partial charge in [-0.05, 0) is 64.7 Å². The molecule has 0 spiro atoms. The number of hydrogen-bond acceptors (Lipinski definition) is 7. The van der Waals surface area contributed by atoms with Crippen LogP contribution in [-0.2, 0) is 22.8 Å². The first kappa shape index (κ1) is 25.0. The van der Waals surface area contributed by atoms with Gasteiger partial charge in [0, 0.05) is 11.1 Å². The van der Waals surface area contributed by atoms with E-state index in [1.807, 2.05) is 90.5 Å². The lowest BCUT2D eigenvalue weighted by atomic mass is 10.0. The summed E-state index contributed by atoms with van der Waals surface area (Å²) < 4.78 is 11.7. The van der Waals surface area contributed by atoms with E-state index in [9.17, 15) is 9.90 Å². The molecule has 1 N–H and O–H groups in total. The van der Waals surface area contributed by atoms with Crippen molar-refractivity contribution in [3.63, 3.8) is 0 Å². The van der Waals surface area contributed by atoms with Gasteiger partial charge in [-0.15, -0.1) is 0 Å². The summed E-state index contributed by atoms with van der Waals surface area (Å²) in [5.74, 6) is 0.782. The fourth-order valence-electron chi connectivity index (χ4n) is 3.74. The number of aryl methyl sites for hydroxylation is 1. The number of carboxylic acids is 1. The smallest absolute Gasteiger partial charge is 0.358 e. The Morgan fingerprint density at radius 2 is 1.68 bits per heavy atom. The summed E-state index contributed by atoms with van der Waals surface area (Å²) in [6.07, 6.45) is 0. The molecule has 0 aliphatic rings. The Morgan fingerprint density at radius 1 is 0.921 bits per heavy atom. The second kappa shape index (κ2) is 11.6. The fraction of sp³-hybridized carbons (Fsp3) is 0.100. The van der Waals surface area contributed by atoms with Crippen molar-refractivity contribution in [2.45, 2.75) is 20.1 Å². The zero-order valence-corrected chi connectivity index (χ0v) is 21.4. The molecule has 38 heavy (non-hydrogen) atoms. The molecule has 0 aliphatic heterocycles. The number of thiophene rings is 1. The monoisotopic (exact) mass is 524 g/mol. The van der Waals surface area contributed by atoms with Gasteiger partial charge in [0.15, 0.2) is 5.71 Å². The number of hydrogen-bond donors (Lipinski definition) is 1. The van der Waals surface area contributed by atoms with E-state index in [1.165, 1.54) is 0 Å². The van der Waals surface area contributed by atoms with Crippen molar-refractivity contribution < 1.29 is 23.9 Å². The molecule has 5 aromatic rings. The Labute approximate surface area is 223 Å². The Morgan fingerprint density at radius 3 is 2.37 bits per heavy atom. The number of oxime groups is 1. The molecule has 0 aliphatic carbocycles. The summed E-state index contributed by atoms with van der Waals surface area (Å²) >= 11 is 1.61. The van der Waals surface area contributed by atoms with Gasteiger partial charge < -0.3 is 19.1 Å². The normalized spacial score (nSPS) is 11.3. The molecule has 8 heteroatoms. The average molecular weight is 525 g/mol. The summed E-state index contributed by atoms with van der Waals surface area (Å²) in [5, 5.41) is 17.5. The highest BCUT2D eigenvalue weighted by Gasteiger charge is 2.14. The maximum Gasteiger partial charge on any atom is 0.358 e. The molecule has 0 unspecified atom stereocenters. The van der Waals surface area contributed by atoms with Gasteiger partial charge in [-0.2, -0.15) is 11.3 Å². The molecule has 0 radical (unpaired) electrons. The van der Waals surface area contributed by atoms with Crippen LogP contribution >= 0.6 is 11.3 Å². The Balaban J connectivity index is 1.17. The Bertz CT molecular complexity index is 1520. The third-order valence-electron chi connectivity index (χ3n) is 5.81. The van der Waals surface area contributed by atoms with Crippen molar-refractivity contribution in [1.29, 1.82) is 0 Å². The van der Waals surface area contributed by atoms with Gasteiger partial charge in [0.2, 0.25) is 5.89 Å². The van der Waals surface area contributed by atoms with Crippen LogP contribution in [-0.4, -0.2) is 21.8 Å². The average Bonchev–Trinajstić information content (AvgIpc) is 3.61. The van der Waals surface area contributed by atoms with Gasteiger partial charge in [-0.1, -0.05) is 59.8 Å². The van der Waals surface area contributed by atoms with Crippen molar-refractivity contribution in [3.8, 4) is 28.3 Å². The second-order valence-corrected chi connectivity index (χ2v) is 9.21. The highest BCUT2D eigenvalue weighted by atomic mass is 32.1. The molecular weight excluding hydrogens is 500 g/mol. The first-order valence-corrected chi connectivity index (χ1v) is 12.8. The molecule has 0 atom stereocenters. The van der Waals surface area contributed by atoms with Crippen LogP contribution in [0.3, 0.4) is 0 Å². The van der Waals surface area contributed by atoms with Crippen LogP contribution in [0.15, 0.2) is 105 Å². The molecule has 190 valence electrons. The Kier molecular flexibility index (Phi) is 7.61. The fourth-order valence-corrected chi connectivity index (χ4v) is 4.40. The lowest BCUT2D eigenvalue weighted by molar-refractivity contribution is -0.129. The molecule has 7 nitrogen and oxygen atoms in total. The van der Waals surface area contributed by atoms with Gasteiger partial charge in [0.1, 0.15) is 30.4 Å². The standard InChI is InChI=1S/C30H24N2O5S/c1-20-27(31-29(37-20)24-5-3-2-4-6-24)18-35-26-13-7-21(8-14-26)17-36-32-28(30(33)34)23-11-9-22(10-12-23)25-15-16-38-19-25/h2-16,19H,17-18H2,1H3,(H,33,34)/b32-28-. The van der Waals surface area contributed by atoms with Crippen molar-refractivity contribution in [1.82, 2.24) is 4.98 Å². The minimum Gasteiger partial charge on any atom is -0.487 e. The van der Waals surface area contributed by atoms with Crippen molar-refractivity contribution in [2.24, 2.45) is 5.16 Å². The highest BCUT2D eigenvalue weighted by molar-refractivity contribution is 7.08. The highest BCUT2D eigenvalue weighted by Crippen LogP contribution is 2.24. The van der Waals surface area contributed by atoms with E-state index in [2.05, 4.69) is 10.1 Å². The maximum atomic E-state index is 11.8. The third-order valence-corrected chi connectivity index (χ3v) is 6.50. The van der Waals surface area contributed by atoms with Gasteiger partial charge in [0.25, 0.3) is 0 Å². The number of oxazole rings is 1. The van der Waals surface area contributed by atoms with Crippen LogP contribution < -0.4 is 4.74 Å². The molecule has 3 aromatic carbocycles. The van der Waals surface area contributed by atoms with Gasteiger partial charge >= 0.3 is 5.97 Å². The molecule has 0 amide bonds. The summed E-state index contributed by atoms with van der Waals surface area (Å²) in [6, 6.07) is 26.2. The predicted molar refractivity (Wildman–Crippen MR) is 146 cm³/mol. The van der Waals surface area contributed by atoms with Crippen molar-refractivity contribution in [3.05, 3.63) is 118 Å². The third kappa shape index (κ3) is 5.99. The molecule has 2 aromatic heterocycles.